The lowest BCUT2D eigenvalue weighted by molar-refractivity contribution is 0.660. The molecule has 10 aromatic rings. The van der Waals surface area contributed by atoms with E-state index < -0.39 is 5.41 Å². The summed E-state index contributed by atoms with van der Waals surface area (Å²) >= 11 is 0. The lowest BCUT2D eigenvalue weighted by Gasteiger charge is -2.35. The molecule has 0 atom stereocenters. The highest BCUT2D eigenvalue weighted by atomic mass is 15.1. The van der Waals surface area contributed by atoms with Crippen LogP contribution in [0.25, 0.3) is 55.6 Å². The van der Waals surface area contributed by atoms with Crippen LogP contribution in [0.4, 0.5) is 17.1 Å². The zero-order valence-electron chi connectivity index (χ0n) is 36.6. The van der Waals surface area contributed by atoms with Crippen molar-refractivity contribution >= 4 is 17.1 Å². The van der Waals surface area contributed by atoms with Gasteiger partial charge in [-0.15, -0.1) is 0 Å². The quantitative estimate of drug-likeness (QED) is 0.147. The summed E-state index contributed by atoms with van der Waals surface area (Å²) in [5.41, 5.74) is 22.7. The van der Waals surface area contributed by atoms with Crippen molar-refractivity contribution < 1.29 is 0 Å². The van der Waals surface area contributed by atoms with Crippen molar-refractivity contribution in [3.63, 3.8) is 0 Å². The molecule has 0 saturated heterocycles. The van der Waals surface area contributed by atoms with Crippen LogP contribution in [0.15, 0.2) is 249 Å². The zero-order valence-corrected chi connectivity index (χ0v) is 36.6. The summed E-state index contributed by atoms with van der Waals surface area (Å²) in [5, 5.41) is 0. The van der Waals surface area contributed by atoms with Crippen LogP contribution >= 0.6 is 0 Å². The predicted molar refractivity (Wildman–Crippen MR) is 272 cm³/mol. The molecule has 0 bridgehead atoms. The van der Waals surface area contributed by atoms with Gasteiger partial charge in [-0.2, -0.15) is 0 Å². The van der Waals surface area contributed by atoms with E-state index in [9.17, 15) is 0 Å². The molecule has 2 aliphatic carbocycles. The molecule has 0 saturated carbocycles. The van der Waals surface area contributed by atoms with Gasteiger partial charge in [0.1, 0.15) is 0 Å². The standard InChI is InChI=1S/C64H47N/c1-63(2)57-34-17-15-31-53(57)55-39-37-50(42-59(55)63)65(61-36-20-33-52(62(61)45-23-9-4-10-24-45)47-26-19-25-46(41-47)44-21-7-3-8-22-44)51-38-40-56-54-32-16-18-35-58(54)64(60(56)43-51,48-27-11-5-12-28-48)49-29-13-6-14-30-49/h3-43H,1-2H3. The Bertz CT molecular complexity index is 3350. The minimum atomic E-state index is -0.542. The Morgan fingerprint density at radius 2 is 0.738 bits per heavy atom. The number of hydrogen-bond acceptors (Lipinski definition) is 1. The molecule has 65 heavy (non-hydrogen) atoms. The van der Waals surface area contributed by atoms with E-state index in [4.69, 9.17) is 0 Å². The van der Waals surface area contributed by atoms with Crippen molar-refractivity contribution in [3.8, 4) is 55.6 Å². The van der Waals surface area contributed by atoms with Gasteiger partial charge in [-0.25, -0.2) is 0 Å². The summed E-state index contributed by atoms with van der Waals surface area (Å²) in [6, 6.07) is 92.2. The first-order valence-corrected chi connectivity index (χ1v) is 22.8. The molecular formula is C64H47N. The topological polar surface area (TPSA) is 3.24 Å². The molecule has 12 rings (SSSR count). The lowest BCUT2D eigenvalue weighted by atomic mass is 9.67. The van der Waals surface area contributed by atoms with Crippen molar-refractivity contribution in [3.05, 3.63) is 282 Å². The van der Waals surface area contributed by atoms with Gasteiger partial charge in [-0.3, -0.25) is 0 Å². The number of anilines is 3. The van der Waals surface area contributed by atoms with Crippen molar-refractivity contribution in [2.45, 2.75) is 24.7 Å². The fourth-order valence-corrected chi connectivity index (χ4v) is 11.2. The van der Waals surface area contributed by atoms with E-state index in [1.807, 2.05) is 0 Å². The number of nitrogens with zero attached hydrogens (tertiary/aromatic N) is 1. The number of fused-ring (bicyclic) bond motifs is 6. The lowest BCUT2D eigenvalue weighted by Crippen LogP contribution is -2.28. The highest BCUT2D eigenvalue weighted by Crippen LogP contribution is 2.58. The molecule has 0 unspecified atom stereocenters. The van der Waals surface area contributed by atoms with Crippen molar-refractivity contribution in [1.29, 1.82) is 0 Å². The van der Waals surface area contributed by atoms with Crippen LogP contribution in [-0.4, -0.2) is 0 Å². The summed E-state index contributed by atoms with van der Waals surface area (Å²) in [4.78, 5) is 2.54. The Morgan fingerprint density at radius 1 is 0.292 bits per heavy atom. The third-order valence-corrected chi connectivity index (χ3v) is 14.2. The SMILES string of the molecule is CC1(C)c2ccccc2-c2ccc(N(c3ccc4c(c3)C(c3ccccc3)(c3ccccc3)c3ccccc3-4)c3cccc(-c4cccc(-c5ccccc5)c4)c3-c3ccccc3)cc21. The van der Waals surface area contributed by atoms with Gasteiger partial charge in [0.2, 0.25) is 0 Å². The molecule has 0 fully saturated rings. The largest absolute Gasteiger partial charge is 0.310 e. The van der Waals surface area contributed by atoms with Crippen LogP contribution in [0.5, 0.6) is 0 Å². The molecule has 0 amide bonds. The molecule has 0 N–H and O–H groups in total. The first-order chi connectivity index (χ1) is 32.0. The van der Waals surface area contributed by atoms with Crippen LogP contribution < -0.4 is 4.90 Å². The Kier molecular flexibility index (Phi) is 9.14. The van der Waals surface area contributed by atoms with Gasteiger partial charge in [0.25, 0.3) is 0 Å². The van der Waals surface area contributed by atoms with Gasteiger partial charge in [0.15, 0.2) is 0 Å². The zero-order chi connectivity index (χ0) is 43.5. The van der Waals surface area contributed by atoms with Crippen molar-refractivity contribution in [1.82, 2.24) is 0 Å². The minimum Gasteiger partial charge on any atom is -0.310 e. The molecular weight excluding hydrogens is 783 g/mol. The maximum Gasteiger partial charge on any atom is 0.0714 e. The number of benzene rings is 10. The van der Waals surface area contributed by atoms with Crippen LogP contribution in [-0.2, 0) is 10.8 Å². The highest BCUT2D eigenvalue weighted by molar-refractivity contribution is 5.99. The van der Waals surface area contributed by atoms with Crippen LogP contribution in [0.3, 0.4) is 0 Å². The second-order valence-corrected chi connectivity index (χ2v) is 18.0. The normalized spacial score (nSPS) is 13.6. The fraction of sp³-hybridized carbons (Fsp3) is 0.0625. The highest BCUT2D eigenvalue weighted by Gasteiger charge is 2.46. The molecule has 0 radical (unpaired) electrons. The monoisotopic (exact) mass is 829 g/mol. The second kappa shape index (κ2) is 15.4. The van der Waals surface area contributed by atoms with E-state index in [-0.39, 0.29) is 5.41 Å². The summed E-state index contributed by atoms with van der Waals surface area (Å²) in [7, 11) is 0. The Morgan fingerprint density at radius 3 is 1.38 bits per heavy atom. The summed E-state index contributed by atoms with van der Waals surface area (Å²) in [5.74, 6) is 0. The molecule has 1 heteroatoms. The summed E-state index contributed by atoms with van der Waals surface area (Å²) in [6.07, 6.45) is 0. The molecule has 1 nitrogen and oxygen atoms in total. The molecule has 2 aliphatic rings. The number of rotatable bonds is 8. The molecule has 0 aliphatic heterocycles. The van der Waals surface area contributed by atoms with Gasteiger partial charge in [-0.05, 0) is 120 Å². The average Bonchev–Trinajstić information content (AvgIpc) is 3.80. The van der Waals surface area contributed by atoms with Gasteiger partial charge in [0, 0.05) is 22.4 Å². The fourth-order valence-electron chi connectivity index (χ4n) is 11.2. The van der Waals surface area contributed by atoms with Crippen LogP contribution in [0, 0.1) is 0 Å². The molecule has 308 valence electrons. The Labute approximate surface area is 382 Å². The Balaban J connectivity index is 1.15. The maximum atomic E-state index is 2.54. The van der Waals surface area contributed by atoms with Crippen molar-refractivity contribution in [2.24, 2.45) is 0 Å². The van der Waals surface area contributed by atoms with Crippen LogP contribution in [0.1, 0.15) is 47.2 Å². The van der Waals surface area contributed by atoms with Gasteiger partial charge < -0.3 is 4.90 Å². The summed E-state index contributed by atoms with van der Waals surface area (Å²) < 4.78 is 0. The van der Waals surface area contributed by atoms with E-state index >= 15 is 0 Å². The van der Waals surface area contributed by atoms with Crippen LogP contribution in [0.2, 0.25) is 0 Å². The molecule has 0 heterocycles. The van der Waals surface area contributed by atoms with E-state index in [0.29, 0.717) is 0 Å². The minimum absolute atomic E-state index is 0.176. The smallest absolute Gasteiger partial charge is 0.0714 e. The molecule has 0 spiro atoms. The van der Waals surface area contributed by atoms with E-state index in [1.54, 1.807) is 0 Å². The number of hydrogen-bond donors (Lipinski definition) is 0. The first kappa shape index (κ1) is 38.7. The third kappa shape index (κ3) is 6.07. The van der Waals surface area contributed by atoms with E-state index in [1.165, 1.54) is 89.0 Å². The van der Waals surface area contributed by atoms with Gasteiger partial charge >= 0.3 is 0 Å². The van der Waals surface area contributed by atoms with Crippen molar-refractivity contribution in [2.75, 3.05) is 4.90 Å². The molecule has 10 aromatic carbocycles. The van der Waals surface area contributed by atoms with E-state index in [0.717, 1.165) is 17.1 Å². The summed E-state index contributed by atoms with van der Waals surface area (Å²) in [6.45, 7) is 4.75. The Hall–Kier alpha value is -8.00. The second-order valence-electron chi connectivity index (χ2n) is 18.0. The molecule has 0 aromatic heterocycles. The van der Waals surface area contributed by atoms with Gasteiger partial charge in [-0.1, -0.05) is 226 Å². The first-order valence-electron chi connectivity index (χ1n) is 22.8. The maximum absolute atomic E-state index is 2.54. The van der Waals surface area contributed by atoms with E-state index in [2.05, 4.69) is 267 Å². The average molecular weight is 830 g/mol. The predicted octanol–water partition coefficient (Wildman–Crippen LogP) is 16.8. The van der Waals surface area contributed by atoms with Gasteiger partial charge in [0.05, 0.1) is 11.1 Å². The third-order valence-electron chi connectivity index (χ3n) is 14.2.